The summed E-state index contributed by atoms with van der Waals surface area (Å²) in [5.41, 5.74) is 1.78. The third kappa shape index (κ3) is 1.11. The van der Waals surface area contributed by atoms with Crippen LogP contribution < -0.4 is 9.47 Å². The molecule has 0 unspecified atom stereocenters. The second-order valence-corrected chi connectivity index (χ2v) is 3.02. The van der Waals surface area contributed by atoms with E-state index in [4.69, 9.17) is 9.47 Å². The smallest absolute Gasteiger partial charge is 0.146 e. The Morgan fingerprint density at radius 1 is 1.14 bits per heavy atom. The zero-order chi connectivity index (χ0) is 10.1. The van der Waals surface area contributed by atoms with Crippen LogP contribution in [0.4, 0.5) is 0 Å². The molecule has 1 aromatic carbocycles. The van der Waals surface area contributed by atoms with Gasteiger partial charge in [-0.2, -0.15) is 0 Å². The van der Waals surface area contributed by atoms with E-state index in [1.807, 2.05) is 23.7 Å². The molecule has 0 bridgehead atoms. The second kappa shape index (κ2) is 3.21. The van der Waals surface area contributed by atoms with Gasteiger partial charge in [0.15, 0.2) is 0 Å². The third-order valence-electron chi connectivity index (χ3n) is 2.23. The van der Waals surface area contributed by atoms with Crippen LogP contribution in [0, 0.1) is 0 Å². The van der Waals surface area contributed by atoms with E-state index in [0.717, 1.165) is 22.5 Å². The van der Waals surface area contributed by atoms with E-state index in [1.165, 1.54) is 0 Å². The van der Waals surface area contributed by atoms with Crippen LogP contribution in [-0.2, 0) is 7.05 Å². The van der Waals surface area contributed by atoms with Crippen LogP contribution in [0.1, 0.15) is 0 Å². The molecule has 0 amide bonds. The topological polar surface area (TPSA) is 36.3 Å². The molecule has 2 rings (SSSR count). The molecule has 0 aliphatic heterocycles. The largest absolute Gasteiger partial charge is 0.494 e. The molecule has 0 spiro atoms. The van der Waals surface area contributed by atoms with Crippen molar-refractivity contribution in [2.75, 3.05) is 14.2 Å². The van der Waals surface area contributed by atoms with Crippen molar-refractivity contribution in [1.29, 1.82) is 0 Å². The summed E-state index contributed by atoms with van der Waals surface area (Å²) in [6.07, 6.45) is 1.75. The van der Waals surface area contributed by atoms with Crippen molar-refractivity contribution in [2.24, 2.45) is 7.05 Å². The quantitative estimate of drug-likeness (QED) is 0.725. The molecule has 1 aromatic heterocycles. The standard InChI is InChI=1S/C10H12N2O2/c1-12-6-11-9-7(13-2)4-5-8(14-3)10(9)12/h4-6H,1-3H3. The molecule has 0 aliphatic carbocycles. The predicted octanol–water partition coefficient (Wildman–Crippen LogP) is 1.59. The molecule has 0 fully saturated rings. The van der Waals surface area contributed by atoms with Crippen LogP contribution in [0.2, 0.25) is 0 Å². The van der Waals surface area contributed by atoms with Gasteiger partial charge in [-0.05, 0) is 12.1 Å². The molecule has 0 aliphatic rings. The van der Waals surface area contributed by atoms with Crippen molar-refractivity contribution in [3.63, 3.8) is 0 Å². The van der Waals surface area contributed by atoms with Gasteiger partial charge < -0.3 is 14.0 Å². The second-order valence-electron chi connectivity index (χ2n) is 3.02. The Hall–Kier alpha value is -1.71. The van der Waals surface area contributed by atoms with Crippen molar-refractivity contribution in [3.05, 3.63) is 18.5 Å². The fourth-order valence-corrected chi connectivity index (χ4v) is 1.54. The van der Waals surface area contributed by atoms with Crippen LogP contribution in [0.3, 0.4) is 0 Å². The SMILES string of the molecule is COc1ccc(OC)c2c1ncn2C. The summed E-state index contributed by atoms with van der Waals surface area (Å²) in [5, 5.41) is 0. The third-order valence-corrected chi connectivity index (χ3v) is 2.23. The van der Waals surface area contributed by atoms with E-state index in [9.17, 15) is 0 Å². The predicted molar refractivity (Wildman–Crippen MR) is 53.8 cm³/mol. The number of ether oxygens (including phenoxy) is 2. The maximum absolute atomic E-state index is 5.25. The highest BCUT2D eigenvalue weighted by Crippen LogP contribution is 2.31. The van der Waals surface area contributed by atoms with Crippen LogP contribution in [0.5, 0.6) is 11.5 Å². The van der Waals surface area contributed by atoms with Gasteiger partial charge in [-0.1, -0.05) is 0 Å². The zero-order valence-corrected chi connectivity index (χ0v) is 8.44. The summed E-state index contributed by atoms with van der Waals surface area (Å²) >= 11 is 0. The normalized spacial score (nSPS) is 10.5. The Balaban J connectivity index is 2.81. The van der Waals surface area contributed by atoms with Gasteiger partial charge in [0.05, 0.1) is 20.5 Å². The lowest BCUT2D eigenvalue weighted by atomic mass is 10.2. The highest BCUT2D eigenvalue weighted by molar-refractivity contribution is 5.87. The van der Waals surface area contributed by atoms with Crippen molar-refractivity contribution in [2.45, 2.75) is 0 Å². The average Bonchev–Trinajstić information content (AvgIpc) is 2.60. The highest BCUT2D eigenvalue weighted by atomic mass is 16.5. The van der Waals surface area contributed by atoms with E-state index < -0.39 is 0 Å². The number of benzene rings is 1. The number of methoxy groups -OCH3 is 2. The minimum atomic E-state index is 0.765. The first-order valence-electron chi connectivity index (χ1n) is 4.30. The molecule has 0 atom stereocenters. The Kier molecular flexibility index (Phi) is 2.04. The summed E-state index contributed by atoms with van der Waals surface area (Å²) in [4.78, 5) is 4.26. The van der Waals surface area contributed by atoms with Crippen LogP contribution in [0.25, 0.3) is 11.0 Å². The Morgan fingerprint density at radius 3 is 2.43 bits per heavy atom. The average molecular weight is 192 g/mol. The number of fused-ring (bicyclic) bond motifs is 1. The summed E-state index contributed by atoms with van der Waals surface area (Å²) in [6, 6.07) is 3.73. The molecular formula is C10H12N2O2. The number of hydrogen-bond acceptors (Lipinski definition) is 3. The minimum Gasteiger partial charge on any atom is -0.494 e. The number of aryl methyl sites for hydroxylation is 1. The van der Waals surface area contributed by atoms with Gasteiger partial charge in [0.25, 0.3) is 0 Å². The number of hydrogen-bond donors (Lipinski definition) is 0. The fourth-order valence-electron chi connectivity index (χ4n) is 1.54. The fraction of sp³-hybridized carbons (Fsp3) is 0.300. The number of nitrogens with zero attached hydrogens (tertiary/aromatic N) is 2. The van der Waals surface area contributed by atoms with E-state index in [1.54, 1.807) is 20.5 Å². The Labute approximate surface area is 82.1 Å². The van der Waals surface area contributed by atoms with Gasteiger partial charge in [-0.15, -0.1) is 0 Å². The number of aromatic nitrogens is 2. The van der Waals surface area contributed by atoms with Gasteiger partial charge in [-0.25, -0.2) is 4.98 Å². The molecular weight excluding hydrogens is 180 g/mol. The molecule has 0 N–H and O–H groups in total. The van der Waals surface area contributed by atoms with Crippen molar-refractivity contribution in [1.82, 2.24) is 9.55 Å². The number of imidazole rings is 1. The number of rotatable bonds is 2. The van der Waals surface area contributed by atoms with Crippen LogP contribution in [0.15, 0.2) is 18.5 Å². The molecule has 0 saturated heterocycles. The first-order valence-corrected chi connectivity index (χ1v) is 4.30. The van der Waals surface area contributed by atoms with Crippen molar-refractivity contribution < 1.29 is 9.47 Å². The van der Waals surface area contributed by atoms with Crippen LogP contribution in [-0.4, -0.2) is 23.8 Å². The summed E-state index contributed by atoms with van der Waals surface area (Å²) in [6.45, 7) is 0. The molecule has 4 nitrogen and oxygen atoms in total. The monoisotopic (exact) mass is 192 g/mol. The molecule has 1 heterocycles. The molecule has 0 radical (unpaired) electrons. The molecule has 14 heavy (non-hydrogen) atoms. The van der Waals surface area contributed by atoms with E-state index in [-0.39, 0.29) is 0 Å². The highest BCUT2D eigenvalue weighted by Gasteiger charge is 2.10. The minimum absolute atomic E-state index is 0.765. The van der Waals surface area contributed by atoms with Gasteiger partial charge in [0.1, 0.15) is 22.5 Å². The Bertz CT molecular complexity index is 462. The molecule has 0 saturated carbocycles. The summed E-state index contributed by atoms with van der Waals surface area (Å²) in [7, 11) is 5.21. The van der Waals surface area contributed by atoms with Crippen molar-refractivity contribution in [3.8, 4) is 11.5 Å². The lowest BCUT2D eigenvalue weighted by Gasteiger charge is -2.06. The maximum atomic E-state index is 5.25. The van der Waals surface area contributed by atoms with E-state index in [2.05, 4.69) is 4.98 Å². The summed E-state index contributed by atoms with van der Waals surface area (Å²) in [5.74, 6) is 1.57. The zero-order valence-electron chi connectivity index (χ0n) is 8.44. The van der Waals surface area contributed by atoms with E-state index >= 15 is 0 Å². The van der Waals surface area contributed by atoms with E-state index in [0.29, 0.717) is 0 Å². The van der Waals surface area contributed by atoms with Gasteiger partial charge in [0, 0.05) is 7.05 Å². The Morgan fingerprint density at radius 2 is 1.79 bits per heavy atom. The van der Waals surface area contributed by atoms with Crippen molar-refractivity contribution >= 4 is 11.0 Å². The molecule has 74 valence electrons. The first-order chi connectivity index (χ1) is 6.77. The summed E-state index contributed by atoms with van der Waals surface area (Å²) < 4.78 is 12.4. The first kappa shape index (κ1) is 8.87. The van der Waals surface area contributed by atoms with Gasteiger partial charge in [-0.3, -0.25) is 0 Å². The maximum Gasteiger partial charge on any atom is 0.146 e. The lowest BCUT2D eigenvalue weighted by Crippen LogP contribution is -1.92. The molecule has 4 heteroatoms. The lowest BCUT2D eigenvalue weighted by molar-refractivity contribution is 0.409. The van der Waals surface area contributed by atoms with Crippen LogP contribution >= 0.6 is 0 Å². The van der Waals surface area contributed by atoms with Gasteiger partial charge >= 0.3 is 0 Å². The molecule has 2 aromatic rings. The van der Waals surface area contributed by atoms with Gasteiger partial charge in [0.2, 0.25) is 0 Å².